The molecule has 1 aromatic rings. The van der Waals surface area contributed by atoms with Crippen LogP contribution in [-0.4, -0.2) is 36.9 Å². The Morgan fingerprint density at radius 3 is 2.62 bits per heavy atom. The number of hydrogen-bond acceptors (Lipinski definition) is 4. The highest BCUT2D eigenvalue weighted by atomic mass is 32.2. The van der Waals surface area contributed by atoms with Gasteiger partial charge in [-0.05, 0) is 18.6 Å². The number of carbonyl (C=O) groups is 1. The van der Waals surface area contributed by atoms with E-state index in [1.165, 1.54) is 12.4 Å². The summed E-state index contributed by atoms with van der Waals surface area (Å²) in [6.45, 7) is 0. The molecule has 16 heavy (non-hydrogen) atoms. The number of hydrogen-bond donors (Lipinski definition) is 1. The third-order valence-electron chi connectivity index (χ3n) is 2.51. The summed E-state index contributed by atoms with van der Waals surface area (Å²) in [5.41, 5.74) is 0.499. The van der Waals surface area contributed by atoms with Crippen LogP contribution in [0, 0.1) is 0 Å². The van der Waals surface area contributed by atoms with Gasteiger partial charge in [-0.1, -0.05) is 0 Å². The highest BCUT2D eigenvalue weighted by molar-refractivity contribution is 7.91. The molecule has 0 aliphatic carbocycles. The fourth-order valence-electron chi connectivity index (χ4n) is 1.68. The lowest BCUT2D eigenvalue weighted by molar-refractivity contribution is 0.0941. The zero-order valence-electron chi connectivity index (χ0n) is 8.59. The zero-order valence-corrected chi connectivity index (χ0v) is 9.40. The van der Waals surface area contributed by atoms with E-state index >= 15 is 0 Å². The fraction of sp³-hybridized carbons (Fsp3) is 0.400. The van der Waals surface area contributed by atoms with Crippen molar-refractivity contribution in [2.75, 3.05) is 11.5 Å². The van der Waals surface area contributed by atoms with E-state index in [4.69, 9.17) is 0 Å². The normalized spacial score (nSPS) is 22.9. The molecule has 1 aliphatic rings. The number of nitrogens with zero attached hydrogens (tertiary/aromatic N) is 1. The van der Waals surface area contributed by atoms with Gasteiger partial charge in [-0.2, -0.15) is 0 Å². The van der Waals surface area contributed by atoms with E-state index in [1.54, 1.807) is 12.1 Å². The predicted octanol–water partition coefficient (Wildman–Crippen LogP) is -0.00150. The molecule has 0 spiro atoms. The van der Waals surface area contributed by atoms with E-state index in [9.17, 15) is 13.2 Å². The first kappa shape index (κ1) is 11.1. The van der Waals surface area contributed by atoms with Gasteiger partial charge in [0.2, 0.25) is 0 Å². The minimum absolute atomic E-state index is 0.0455. The Morgan fingerprint density at radius 2 is 2.06 bits per heavy atom. The summed E-state index contributed by atoms with van der Waals surface area (Å²) >= 11 is 0. The van der Waals surface area contributed by atoms with Crippen molar-refractivity contribution in [3.05, 3.63) is 30.1 Å². The van der Waals surface area contributed by atoms with Crippen molar-refractivity contribution in [2.45, 2.75) is 12.5 Å². The van der Waals surface area contributed by atoms with Crippen LogP contribution >= 0.6 is 0 Å². The molecule has 0 saturated carbocycles. The summed E-state index contributed by atoms with van der Waals surface area (Å²) in [5, 5.41) is 2.70. The Bertz CT molecular complexity index is 484. The van der Waals surface area contributed by atoms with Gasteiger partial charge in [-0.15, -0.1) is 0 Å². The van der Waals surface area contributed by atoms with Crippen LogP contribution in [-0.2, 0) is 9.84 Å². The molecule has 2 heterocycles. The largest absolute Gasteiger partial charge is 0.348 e. The number of aromatic nitrogens is 1. The van der Waals surface area contributed by atoms with Gasteiger partial charge in [-0.3, -0.25) is 9.78 Å². The van der Waals surface area contributed by atoms with E-state index in [-0.39, 0.29) is 23.5 Å². The van der Waals surface area contributed by atoms with E-state index in [0.29, 0.717) is 12.0 Å². The highest BCUT2D eigenvalue weighted by Gasteiger charge is 2.28. The molecular weight excluding hydrogens is 228 g/mol. The Hall–Kier alpha value is -1.43. The van der Waals surface area contributed by atoms with Gasteiger partial charge in [0.25, 0.3) is 5.91 Å². The van der Waals surface area contributed by atoms with Crippen LogP contribution in [0.25, 0.3) is 0 Å². The second-order valence-electron chi connectivity index (χ2n) is 3.81. The van der Waals surface area contributed by atoms with Crippen LogP contribution in [0.3, 0.4) is 0 Å². The topological polar surface area (TPSA) is 76.1 Å². The number of sulfone groups is 1. The first-order valence-electron chi connectivity index (χ1n) is 4.98. The maximum Gasteiger partial charge on any atom is 0.251 e. The van der Waals surface area contributed by atoms with Crippen molar-refractivity contribution in [3.63, 3.8) is 0 Å². The number of carbonyl (C=O) groups excluding carboxylic acids is 1. The first-order valence-corrected chi connectivity index (χ1v) is 6.80. The SMILES string of the molecule is O=C(NC1CCS(=O)(=O)C1)c1ccncc1. The van der Waals surface area contributed by atoms with E-state index < -0.39 is 9.84 Å². The molecule has 1 aliphatic heterocycles. The Kier molecular flexibility index (Phi) is 2.91. The van der Waals surface area contributed by atoms with Gasteiger partial charge in [0.1, 0.15) is 0 Å². The van der Waals surface area contributed by atoms with Crippen molar-refractivity contribution >= 4 is 15.7 Å². The lowest BCUT2D eigenvalue weighted by atomic mass is 10.2. The highest BCUT2D eigenvalue weighted by Crippen LogP contribution is 2.11. The zero-order chi connectivity index (χ0) is 11.6. The molecule has 1 N–H and O–H groups in total. The molecule has 1 amide bonds. The summed E-state index contributed by atoms with van der Waals surface area (Å²) in [7, 11) is -2.95. The summed E-state index contributed by atoms with van der Waals surface area (Å²) < 4.78 is 22.4. The van der Waals surface area contributed by atoms with Gasteiger partial charge in [0.05, 0.1) is 11.5 Å². The van der Waals surface area contributed by atoms with Gasteiger partial charge < -0.3 is 5.32 Å². The molecule has 2 rings (SSSR count). The minimum atomic E-state index is -2.95. The van der Waals surface area contributed by atoms with Crippen molar-refractivity contribution in [1.82, 2.24) is 10.3 Å². The molecule has 1 atom stereocenters. The Balaban J connectivity index is 1.99. The van der Waals surface area contributed by atoms with Gasteiger partial charge >= 0.3 is 0 Å². The number of pyridine rings is 1. The molecule has 0 aromatic carbocycles. The Labute approximate surface area is 93.8 Å². The molecule has 6 heteroatoms. The molecule has 1 fully saturated rings. The maximum absolute atomic E-state index is 11.7. The third kappa shape index (κ3) is 2.57. The number of amides is 1. The second-order valence-corrected chi connectivity index (χ2v) is 6.04. The standard InChI is InChI=1S/C10H12N2O3S/c13-10(8-1-4-11-5-2-8)12-9-3-6-16(14,15)7-9/h1-2,4-5,9H,3,6-7H2,(H,12,13). The van der Waals surface area contributed by atoms with Gasteiger partial charge in [0, 0.05) is 24.0 Å². The van der Waals surface area contributed by atoms with E-state index in [2.05, 4.69) is 10.3 Å². The first-order chi connectivity index (χ1) is 7.57. The van der Waals surface area contributed by atoms with Crippen molar-refractivity contribution in [1.29, 1.82) is 0 Å². The Morgan fingerprint density at radius 1 is 1.38 bits per heavy atom. The lowest BCUT2D eigenvalue weighted by Gasteiger charge is -2.10. The van der Waals surface area contributed by atoms with Crippen LogP contribution in [0.15, 0.2) is 24.5 Å². The average Bonchev–Trinajstić information content (AvgIpc) is 2.59. The molecule has 86 valence electrons. The van der Waals surface area contributed by atoms with Crippen LogP contribution in [0.4, 0.5) is 0 Å². The lowest BCUT2D eigenvalue weighted by Crippen LogP contribution is -2.35. The quantitative estimate of drug-likeness (QED) is 0.789. The number of nitrogens with one attached hydrogen (secondary N) is 1. The molecule has 5 nitrogen and oxygen atoms in total. The fourth-order valence-corrected chi connectivity index (χ4v) is 3.35. The molecular formula is C10H12N2O3S. The van der Waals surface area contributed by atoms with Crippen molar-refractivity contribution < 1.29 is 13.2 Å². The van der Waals surface area contributed by atoms with E-state index in [1.807, 2.05) is 0 Å². The average molecular weight is 240 g/mol. The summed E-state index contributed by atoms with van der Waals surface area (Å²) in [5.74, 6) is -0.0394. The summed E-state index contributed by atoms with van der Waals surface area (Å²) in [6.07, 6.45) is 3.56. The van der Waals surface area contributed by atoms with Crippen LogP contribution in [0.2, 0.25) is 0 Å². The second kappa shape index (κ2) is 4.21. The van der Waals surface area contributed by atoms with Gasteiger partial charge in [0.15, 0.2) is 9.84 Å². The molecule has 0 bridgehead atoms. The molecule has 1 aromatic heterocycles. The molecule has 0 radical (unpaired) electrons. The van der Waals surface area contributed by atoms with Crippen LogP contribution < -0.4 is 5.32 Å². The monoisotopic (exact) mass is 240 g/mol. The van der Waals surface area contributed by atoms with Crippen LogP contribution in [0.1, 0.15) is 16.8 Å². The van der Waals surface area contributed by atoms with Crippen molar-refractivity contribution in [3.8, 4) is 0 Å². The van der Waals surface area contributed by atoms with Crippen LogP contribution in [0.5, 0.6) is 0 Å². The minimum Gasteiger partial charge on any atom is -0.348 e. The number of rotatable bonds is 2. The summed E-state index contributed by atoms with van der Waals surface area (Å²) in [6, 6.07) is 2.93. The smallest absolute Gasteiger partial charge is 0.251 e. The maximum atomic E-state index is 11.7. The molecule has 1 unspecified atom stereocenters. The third-order valence-corrected chi connectivity index (χ3v) is 4.28. The van der Waals surface area contributed by atoms with Crippen molar-refractivity contribution in [2.24, 2.45) is 0 Å². The predicted molar refractivity (Wildman–Crippen MR) is 58.8 cm³/mol. The summed E-state index contributed by atoms with van der Waals surface area (Å²) in [4.78, 5) is 15.5. The molecule has 1 saturated heterocycles. The van der Waals surface area contributed by atoms with E-state index in [0.717, 1.165) is 0 Å². The van der Waals surface area contributed by atoms with Gasteiger partial charge in [-0.25, -0.2) is 8.42 Å².